The molecule has 10 heteroatoms. The van der Waals surface area contributed by atoms with Crippen LogP contribution >= 0.6 is 11.8 Å². The maximum absolute atomic E-state index is 14.6. The van der Waals surface area contributed by atoms with Crippen LogP contribution in [0.15, 0.2) is 46.2 Å². The molecule has 1 fully saturated rings. The fourth-order valence-corrected chi connectivity index (χ4v) is 5.52. The number of halogens is 4. The summed E-state index contributed by atoms with van der Waals surface area (Å²) in [6.07, 6.45) is -4.28. The lowest BCUT2D eigenvalue weighted by molar-refractivity contribution is -0.105. The first-order valence-electron chi connectivity index (χ1n) is 10.7. The molecule has 1 aliphatic rings. The zero-order chi connectivity index (χ0) is 24.4. The van der Waals surface area contributed by atoms with Crippen LogP contribution in [0.1, 0.15) is 25.0 Å². The summed E-state index contributed by atoms with van der Waals surface area (Å²) in [4.78, 5) is 4.79. The van der Waals surface area contributed by atoms with Gasteiger partial charge in [-0.15, -0.1) is 11.8 Å². The molecule has 0 unspecified atom stereocenters. The van der Waals surface area contributed by atoms with Gasteiger partial charge in [-0.2, -0.15) is 13.2 Å². The van der Waals surface area contributed by atoms with E-state index in [4.69, 9.17) is 0 Å². The van der Waals surface area contributed by atoms with Crippen LogP contribution in [0, 0.1) is 12.7 Å². The molecular weight excluding hydrogens is 476 g/mol. The van der Waals surface area contributed by atoms with Gasteiger partial charge >= 0.3 is 6.18 Å². The number of benzene rings is 2. The van der Waals surface area contributed by atoms with E-state index in [0.717, 1.165) is 5.56 Å². The number of nitrogens with zero attached hydrogens (tertiary/aromatic N) is 2. The maximum atomic E-state index is 14.6. The molecule has 2 aromatic carbocycles. The van der Waals surface area contributed by atoms with Crippen molar-refractivity contribution in [3.8, 4) is 0 Å². The Labute approximate surface area is 196 Å². The zero-order valence-electron chi connectivity index (χ0n) is 18.8. The Kier molecular flexibility index (Phi) is 8.01. The van der Waals surface area contributed by atoms with E-state index in [0.29, 0.717) is 65.5 Å². The molecule has 33 heavy (non-hydrogen) atoms. The Bertz CT molecular complexity index is 1060. The fraction of sp³-hybridized carbons (Fsp3) is 0.478. The summed E-state index contributed by atoms with van der Waals surface area (Å²) in [5.74, 6) is -1.44. The van der Waals surface area contributed by atoms with Gasteiger partial charge in [-0.3, -0.25) is 4.90 Å². The average molecular weight is 505 g/mol. The van der Waals surface area contributed by atoms with E-state index >= 15 is 0 Å². The van der Waals surface area contributed by atoms with Crippen LogP contribution in [0.3, 0.4) is 0 Å². The van der Waals surface area contributed by atoms with Crippen LogP contribution < -0.4 is 4.90 Å². The molecule has 0 amide bonds. The molecule has 0 bridgehead atoms. The van der Waals surface area contributed by atoms with Crippen molar-refractivity contribution in [2.24, 2.45) is 0 Å². The third kappa shape index (κ3) is 6.64. The molecule has 0 atom stereocenters. The van der Waals surface area contributed by atoms with Crippen molar-refractivity contribution in [1.29, 1.82) is 0 Å². The van der Waals surface area contributed by atoms with Gasteiger partial charge in [-0.25, -0.2) is 12.8 Å². The SMILES string of the molecule is Cc1cc(F)c(N2CCN(Cc3ccc(S(=O)(=O)C(C)C)cc3)CC2)cc1SCC(F)(F)F. The van der Waals surface area contributed by atoms with E-state index in [-0.39, 0.29) is 0 Å². The molecule has 0 N–H and O–H groups in total. The maximum Gasteiger partial charge on any atom is 0.398 e. The Morgan fingerprint density at radius 3 is 2.18 bits per heavy atom. The predicted octanol–water partition coefficient (Wildman–Crippen LogP) is 5.29. The summed E-state index contributed by atoms with van der Waals surface area (Å²) in [5.41, 5.74) is 1.80. The molecule has 1 heterocycles. The molecular formula is C23H28F4N2O2S2. The van der Waals surface area contributed by atoms with Crippen molar-refractivity contribution in [3.63, 3.8) is 0 Å². The number of anilines is 1. The number of thioether (sulfide) groups is 1. The highest BCUT2D eigenvalue weighted by atomic mass is 32.2. The second-order valence-electron chi connectivity index (χ2n) is 8.47. The van der Waals surface area contributed by atoms with Crippen LogP contribution in [-0.4, -0.2) is 56.7 Å². The van der Waals surface area contributed by atoms with Gasteiger partial charge in [-0.05, 0) is 56.2 Å². The number of alkyl halides is 3. The highest BCUT2D eigenvalue weighted by Gasteiger charge is 2.28. The van der Waals surface area contributed by atoms with Crippen molar-refractivity contribution >= 4 is 27.3 Å². The highest BCUT2D eigenvalue weighted by Crippen LogP contribution is 2.34. The third-order valence-electron chi connectivity index (χ3n) is 5.63. The number of aryl methyl sites for hydroxylation is 1. The number of hydrogen-bond acceptors (Lipinski definition) is 5. The van der Waals surface area contributed by atoms with Crippen LogP contribution in [0.25, 0.3) is 0 Å². The molecule has 0 aliphatic carbocycles. The molecule has 0 spiro atoms. The van der Waals surface area contributed by atoms with Crippen LogP contribution in [0.5, 0.6) is 0 Å². The molecule has 3 rings (SSSR count). The minimum absolute atomic E-state index is 0.306. The summed E-state index contributed by atoms with van der Waals surface area (Å²) in [5, 5.41) is -0.481. The molecule has 2 aromatic rings. The van der Waals surface area contributed by atoms with Gasteiger partial charge in [0.2, 0.25) is 0 Å². The number of piperazine rings is 1. The van der Waals surface area contributed by atoms with Crippen molar-refractivity contribution in [3.05, 3.63) is 53.3 Å². The Morgan fingerprint density at radius 2 is 1.64 bits per heavy atom. The molecule has 0 radical (unpaired) electrons. The first-order chi connectivity index (χ1) is 15.4. The largest absolute Gasteiger partial charge is 0.398 e. The minimum Gasteiger partial charge on any atom is -0.367 e. The van der Waals surface area contributed by atoms with Crippen LogP contribution in [0.2, 0.25) is 0 Å². The minimum atomic E-state index is -4.28. The van der Waals surface area contributed by atoms with Gasteiger partial charge in [0.25, 0.3) is 0 Å². The van der Waals surface area contributed by atoms with Gasteiger partial charge in [0.05, 0.1) is 21.6 Å². The molecule has 1 saturated heterocycles. The Morgan fingerprint density at radius 1 is 1.03 bits per heavy atom. The lowest BCUT2D eigenvalue weighted by Crippen LogP contribution is -2.46. The van der Waals surface area contributed by atoms with Gasteiger partial charge in [0.15, 0.2) is 9.84 Å². The highest BCUT2D eigenvalue weighted by molar-refractivity contribution is 7.99. The lowest BCUT2D eigenvalue weighted by Gasteiger charge is -2.36. The van der Waals surface area contributed by atoms with Gasteiger partial charge in [0.1, 0.15) is 5.82 Å². The van der Waals surface area contributed by atoms with Gasteiger partial charge < -0.3 is 4.90 Å². The van der Waals surface area contributed by atoms with Crippen molar-refractivity contribution in [2.45, 2.75) is 48.5 Å². The van der Waals surface area contributed by atoms with Crippen LogP contribution in [-0.2, 0) is 16.4 Å². The van der Waals surface area contributed by atoms with E-state index in [1.807, 2.05) is 17.0 Å². The van der Waals surface area contributed by atoms with Gasteiger partial charge in [-0.1, -0.05) is 12.1 Å². The summed E-state index contributed by atoms with van der Waals surface area (Å²) in [7, 11) is -3.31. The molecule has 182 valence electrons. The van der Waals surface area contributed by atoms with E-state index in [1.54, 1.807) is 32.9 Å². The van der Waals surface area contributed by atoms with E-state index < -0.39 is 32.8 Å². The second kappa shape index (κ2) is 10.2. The first-order valence-corrected chi connectivity index (χ1v) is 13.2. The summed E-state index contributed by atoms with van der Waals surface area (Å²) in [6.45, 7) is 7.95. The number of hydrogen-bond donors (Lipinski definition) is 0. The Balaban J connectivity index is 1.62. The molecule has 0 saturated carbocycles. The standard InChI is InChI=1S/C23H28F4N2O2S2/c1-16(2)33(30,31)19-6-4-18(5-7-19)14-28-8-10-29(11-9-28)21-13-22(17(3)12-20(21)24)32-15-23(25,26)27/h4-7,12-13,16H,8-11,14-15H2,1-3H3. The first kappa shape index (κ1) is 25.8. The fourth-order valence-electron chi connectivity index (χ4n) is 3.66. The normalized spacial score (nSPS) is 15.9. The smallest absolute Gasteiger partial charge is 0.367 e. The van der Waals surface area contributed by atoms with E-state index in [9.17, 15) is 26.0 Å². The van der Waals surface area contributed by atoms with E-state index in [2.05, 4.69) is 4.90 Å². The number of sulfone groups is 1. The van der Waals surface area contributed by atoms with Crippen LogP contribution in [0.4, 0.5) is 23.2 Å². The van der Waals surface area contributed by atoms with Crippen molar-refractivity contribution < 1.29 is 26.0 Å². The predicted molar refractivity (Wildman–Crippen MR) is 124 cm³/mol. The van der Waals surface area contributed by atoms with E-state index in [1.165, 1.54) is 12.1 Å². The van der Waals surface area contributed by atoms with Crippen molar-refractivity contribution in [2.75, 3.05) is 36.8 Å². The molecule has 1 aliphatic heterocycles. The van der Waals surface area contributed by atoms with Crippen molar-refractivity contribution in [1.82, 2.24) is 4.90 Å². The molecule has 0 aromatic heterocycles. The zero-order valence-corrected chi connectivity index (χ0v) is 20.5. The topological polar surface area (TPSA) is 40.6 Å². The summed E-state index contributed by atoms with van der Waals surface area (Å²) < 4.78 is 76.9. The number of rotatable bonds is 7. The lowest BCUT2D eigenvalue weighted by atomic mass is 10.1. The Hall–Kier alpha value is -1.78. The summed E-state index contributed by atoms with van der Waals surface area (Å²) >= 11 is 0.676. The van der Waals surface area contributed by atoms with Gasteiger partial charge in [0, 0.05) is 37.6 Å². The second-order valence-corrected chi connectivity index (χ2v) is 12.0. The molecule has 4 nitrogen and oxygen atoms in total. The third-order valence-corrected chi connectivity index (χ3v) is 9.02. The summed E-state index contributed by atoms with van der Waals surface area (Å²) in [6, 6.07) is 9.69. The quantitative estimate of drug-likeness (QED) is 0.379. The monoisotopic (exact) mass is 504 g/mol. The average Bonchev–Trinajstić information content (AvgIpc) is 2.73.